The minimum Gasteiger partial charge on any atom is -0.270 e. The molecular formula is C13H20N2O4S2. The quantitative estimate of drug-likeness (QED) is 0.797. The molecule has 8 heteroatoms. The van der Waals surface area contributed by atoms with E-state index in [0.717, 1.165) is 5.56 Å². The maximum atomic E-state index is 12.3. The average Bonchev–Trinajstić information content (AvgIpc) is 2.82. The number of benzene rings is 1. The normalized spacial score (nSPS) is 15.2. The first-order valence-electron chi connectivity index (χ1n) is 6.91. The number of hydrogen-bond donors (Lipinski definition) is 1. The molecule has 0 radical (unpaired) electrons. The highest BCUT2D eigenvalue weighted by molar-refractivity contribution is 7.93. The molecule has 0 saturated heterocycles. The molecule has 21 heavy (non-hydrogen) atoms. The summed E-state index contributed by atoms with van der Waals surface area (Å²) in [5.41, 5.74) is 1.71. The van der Waals surface area contributed by atoms with Crippen LogP contribution < -0.4 is 9.03 Å². The second kappa shape index (κ2) is 6.33. The van der Waals surface area contributed by atoms with E-state index in [0.29, 0.717) is 25.1 Å². The lowest BCUT2D eigenvalue weighted by Crippen LogP contribution is -2.37. The molecule has 0 bridgehead atoms. The fourth-order valence-electron chi connectivity index (χ4n) is 2.37. The van der Waals surface area contributed by atoms with Crippen molar-refractivity contribution in [1.29, 1.82) is 0 Å². The van der Waals surface area contributed by atoms with Crippen molar-refractivity contribution in [2.75, 3.05) is 28.9 Å². The molecule has 1 aromatic rings. The van der Waals surface area contributed by atoms with Gasteiger partial charge in [-0.3, -0.25) is 4.31 Å². The van der Waals surface area contributed by atoms with Crippen LogP contribution in [-0.2, 0) is 26.5 Å². The van der Waals surface area contributed by atoms with Crippen LogP contribution in [0, 0.1) is 0 Å². The monoisotopic (exact) mass is 332 g/mol. The molecule has 1 heterocycles. The first kappa shape index (κ1) is 16.3. The summed E-state index contributed by atoms with van der Waals surface area (Å²) < 4.78 is 51.4. The Kier molecular flexibility index (Phi) is 4.90. The smallest absolute Gasteiger partial charge is 0.236 e. The van der Waals surface area contributed by atoms with Gasteiger partial charge in [0.05, 0.1) is 17.2 Å². The summed E-state index contributed by atoms with van der Waals surface area (Å²) in [6, 6.07) is 7.38. The molecule has 0 unspecified atom stereocenters. The van der Waals surface area contributed by atoms with Gasteiger partial charge in [-0.2, -0.15) is 0 Å². The van der Waals surface area contributed by atoms with Crippen LogP contribution in [0.5, 0.6) is 0 Å². The molecule has 6 nitrogen and oxygen atoms in total. The Bertz CT molecular complexity index is 699. The molecule has 2 rings (SSSR count). The van der Waals surface area contributed by atoms with Gasteiger partial charge in [0.15, 0.2) is 0 Å². The number of anilines is 1. The van der Waals surface area contributed by atoms with Crippen molar-refractivity contribution >= 4 is 25.7 Å². The van der Waals surface area contributed by atoms with Gasteiger partial charge in [0.1, 0.15) is 0 Å². The van der Waals surface area contributed by atoms with E-state index in [4.69, 9.17) is 0 Å². The second-order valence-electron chi connectivity index (χ2n) is 4.98. The van der Waals surface area contributed by atoms with E-state index in [1.54, 1.807) is 19.1 Å². The van der Waals surface area contributed by atoms with Crippen LogP contribution in [-0.4, -0.2) is 41.4 Å². The number of hydrogen-bond acceptors (Lipinski definition) is 4. The zero-order valence-electron chi connectivity index (χ0n) is 11.9. The van der Waals surface area contributed by atoms with Crippen molar-refractivity contribution in [1.82, 2.24) is 4.72 Å². The van der Waals surface area contributed by atoms with Gasteiger partial charge in [0.2, 0.25) is 20.0 Å². The molecule has 1 N–H and O–H groups in total. The largest absolute Gasteiger partial charge is 0.270 e. The summed E-state index contributed by atoms with van der Waals surface area (Å²) in [5, 5.41) is 0. The second-order valence-corrected chi connectivity index (χ2v) is 8.92. The van der Waals surface area contributed by atoms with E-state index in [1.165, 1.54) is 4.31 Å². The molecule has 0 aromatic heterocycles. The lowest BCUT2D eigenvalue weighted by atomic mass is 10.2. The Hall–Kier alpha value is -1.12. The van der Waals surface area contributed by atoms with Gasteiger partial charge in [0.25, 0.3) is 0 Å². The van der Waals surface area contributed by atoms with Gasteiger partial charge in [-0.25, -0.2) is 21.6 Å². The van der Waals surface area contributed by atoms with Crippen molar-refractivity contribution in [3.8, 4) is 0 Å². The Balaban J connectivity index is 2.01. The van der Waals surface area contributed by atoms with E-state index in [-0.39, 0.29) is 18.1 Å². The summed E-state index contributed by atoms with van der Waals surface area (Å²) in [7, 11) is -6.88. The van der Waals surface area contributed by atoms with Crippen molar-refractivity contribution in [2.45, 2.75) is 19.8 Å². The number of sulfonamides is 2. The van der Waals surface area contributed by atoms with E-state index in [1.807, 2.05) is 12.1 Å². The predicted octanol–water partition coefficient (Wildman–Crippen LogP) is 0.708. The maximum Gasteiger partial charge on any atom is 0.236 e. The molecule has 1 aliphatic heterocycles. The van der Waals surface area contributed by atoms with Crippen LogP contribution in [0.3, 0.4) is 0 Å². The topological polar surface area (TPSA) is 83.5 Å². The van der Waals surface area contributed by atoms with Crippen molar-refractivity contribution in [3.05, 3.63) is 29.8 Å². The number of nitrogens with one attached hydrogen (secondary N) is 1. The molecule has 0 fully saturated rings. The van der Waals surface area contributed by atoms with Gasteiger partial charge in [-0.15, -0.1) is 0 Å². The Morgan fingerprint density at radius 1 is 1.14 bits per heavy atom. The zero-order chi connectivity index (χ0) is 15.5. The molecule has 0 spiro atoms. The number of nitrogens with zero attached hydrogens (tertiary/aromatic N) is 1. The van der Waals surface area contributed by atoms with Gasteiger partial charge in [-0.1, -0.05) is 25.1 Å². The predicted molar refractivity (Wildman–Crippen MR) is 83.4 cm³/mol. The van der Waals surface area contributed by atoms with E-state index >= 15 is 0 Å². The van der Waals surface area contributed by atoms with Gasteiger partial charge < -0.3 is 0 Å². The molecule has 1 aromatic carbocycles. The highest BCUT2D eigenvalue weighted by Crippen LogP contribution is 2.29. The molecule has 118 valence electrons. The standard InChI is InChI=1S/C13H20N2O4S2/c1-2-10-20(16,17)14-8-11-21(18,19)15-9-7-12-5-3-4-6-13(12)15/h3-6,14H,2,7-11H2,1H3. The summed E-state index contributed by atoms with van der Waals surface area (Å²) in [5.74, 6) is -0.218. The first-order valence-corrected chi connectivity index (χ1v) is 10.2. The lowest BCUT2D eigenvalue weighted by molar-refractivity contribution is 0.579. The van der Waals surface area contributed by atoms with E-state index < -0.39 is 20.0 Å². The molecule has 0 amide bonds. The highest BCUT2D eigenvalue weighted by atomic mass is 32.2. The third-order valence-corrected chi connectivity index (χ3v) is 6.70. The molecule has 0 saturated carbocycles. The van der Waals surface area contributed by atoms with Crippen LogP contribution in [0.25, 0.3) is 0 Å². The Labute approximate surface area is 126 Å². The summed E-state index contributed by atoms with van der Waals surface area (Å²) in [6.07, 6.45) is 1.19. The number of rotatable bonds is 7. The van der Waals surface area contributed by atoms with E-state index in [9.17, 15) is 16.8 Å². The Morgan fingerprint density at radius 3 is 2.57 bits per heavy atom. The van der Waals surface area contributed by atoms with Crippen molar-refractivity contribution in [3.63, 3.8) is 0 Å². The number of fused-ring (bicyclic) bond motifs is 1. The van der Waals surface area contributed by atoms with Crippen molar-refractivity contribution < 1.29 is 16.8 Å². The third-order valence-electron chi connectivity index (χ3n) is 3.34. The summed E-state index contributed by atoms with van der Waals surface area (Å²) in [4.78, 5) is 0. The van der Waals surface area contributed by atoms with Crippen LogP contribution in [0.2, 0.25) is 0 Å². The van der Waals surface area contributed by atoms with Crippen LogP contribution >= 0.6 is 0 Å². The minimum atomic E-state index is -3.50. The highest BCUT2D eigenvalue weighted by Gasteiger charge is 2.28. The zero-order valence-corrected chi connectivity index (χ0v) is 13.6. The van der Waals surface area contributed by atoms with Crippen LogP contribution in [0.15, 0.2) is 24.3 Å². The average molecular weight is 332 g/mol. The van der Waals surface area contributed by atoms with Gasteiger partial charge in [-0.05, 0) is 24.5 Å². The third kappa shape index (κ3) is 3.96. The lowest BCUT2D eigenvalue weighted by Gasteiger charge is -2.19. The SMILES string of the molecule is CCCS(=O)(=O)NCCS(=O)(=O)N1CCc2ccccc21. The Morgan fingerprint density at radius 2 is 1.86 bits per heavy atom. The fraction of sp³-hybridized carbons (Fsp3) is 0.538. The van der Waals surface area contributed by atoms with Gasteiger partial charge >= 0.3 is 0 Å². The van der Waals surface area contributed by atoms with E-state index in [2.05, 4.69) is 4.72 Å². The van der Waals surface area contributed by atoms with Crippen molar-refractivity contribution in [2.24, 2.45) is 0 Å². The molecular weight excluding hydrogens is 312 g/mol. The van der Waals surface area contributed by atoms with Crippen LogP contribution in [0.4, 0.5) is 5.69 Å². The molecule has 0 atom stereocenters. The maximum absolute atomic E-state index is 12.3. The number of para-hydroxylation sites is 1. The van der Waals surface area contributed by atoms with Gasteiger partial charge in [0, 0.05) is 13.1 Å². The summed E-state index contributed by atoms with van der Waals surface area (Å²) >= 11 is 0. The molecule has 0 aliphatic carbocycles. The first-order chi connectivity index (χ1) is 9.86. The minimum absolute atomic E-state index is 0.0135. The summed E-state index contributed by atoms with van der Waals surface area (Å²) in [6.45, 7) is 2.09. The molecule has 1 aliphatic rings. The fourth-order valence-corrected chi connectivity index (χ4v) is 5.03. The van der Waals surface area contributed by atoms with Crippen LogP contribution in [0.1, 0.15) is 18.9 Å².